The van der Waals surface area contributed by atoms with Gasteiger partial charge < -0.3 is 5.32 Å². The van der Waals surface area contributed by atoms with Crippen molar-refractivity contribution in [1.29, 1.82) is 0 Å². The molecule has 1 N–H and O–H groups in total. The van der Waals surface area contributed by atoms with E-state index in [4.69, 9.17) is 16.4 Å². The van der Waals surface area contributed by atoms with Crippen LogP contribution < -0.4 is 10.4 Å². The lowest BCUT2D eigenvalue weighted by Crippen LogP contribution is -2.37. The Kier molecular flexibility index (Phi) is 4.78. The average molecular weight is 257 g/mol. The minimum Gasteiger partial charge on any atom is -0.339 e. The fourth-order valence-electron chi connectivity index (χ4n) is 1.52. The van der Waals surface area contributed by atoms with Crippen LogP contribution in [0, 0.1) is 0 Å². The van der Waals surface area contributed by atoms with Crippen LogP contribution in [-0.2, 0) is 4.84 Å². The predicted octanol–water partition coefficient (Wildman–Crippen LogP) is 3.17. The van der Waals surface area contributed by atoms with Crippen molar-refractivity contribution in [3.63, 3.8) is 0 Å². The lowest BCUT2D eigenvalue weighted by molar-refractivity contribution is 0.164. The lowest BCUT2D eigenvalue weighted by atomic mass is 10.0. The Morgan fingerprint density at radius 2 is 2.12 bits per heavy atom. The Morgan fingerprint density at radius 3 is 2.53 bits per heavy atom. The molecule has 0 radical (unpaired) electrons. The van der Waals surface area contributed by atoms with E-state index < -0.39 is 0 Å². The van der Waals surface area contributed by atoms with Gasteiger partial charge in [0.15, 0.2) is 0 Å². The number of carbonyl (C=O) groups is 1. The SMILES string of the molecule is CNC(=O)N(OC)c1ccc(C(C)C)c(Cl)c1. The number of urea groups is 1. The number of nitrogens with one attached hydrogen (secondary N) is 1. The van der Waals surface area contributed by atoms with Crippen molar-refractivity contribution in [2.24, 2.45) is 0 Å². The molecule has 5 heteroatoms. The molecule has 0 aromatic heterocycles. The normalized spacial score (nSPS) is 10.5. The zero-order valence-electron chi connectivity index (χ0n) is 10.5. The molecule has 0 aliphatic rings. The molecule has 0 heterocycles. The van der Waals surface area contributed by atoms with E-state index in [1.807, 2.05) is 6.07 Å². The zero-order chi connectivity index (χ0) is 13.0. The van der Waals surface area contributed by atoms with E-state index in [-0.39, 0.29) is 6.03 Å². The number of halogens is 1. The van der Waals surface area contributed by atoms with E-state index in [9.17, 15) is 4.79 Å². The average Bonchev–Trinajstić information content (AvgIpc) is 2.29. The monoisotopic (exact) mass is 256 g/mol. The molecule has 1 aromatic rings. The molecule has 1 aromatic carbocycles. The Bertz CT molecular complexity index is 407. The van der Waals surface area contributed by atoms with Crippen LogP contribution in [0.25, 0.3) is 0 Å². The summed E-state index contributed by atoms with van der Waals surface area (Å²) < 4.78 is 0. The van der Waals surface area contributed by atoms with E-state index in [0.29, 0.717) is 16.6 Å². The summed E-state index contributed by atoms with van der Waals surface area (Å²) in [5.74, 6) is 0.340. The van der Waals surface area contributed by atoms with E-state index in [1.165, 1.54) is 7.11 Å². The van der Waals surface area contributed by atoms with Crippen molar-refractivity contribution < 1.29 is 9.63 Å². The first-order valence-corrected chi connectivity index (χ1v) is 5.74. The summed E-state index contributed by atoms with van der Waals surface area (Å²) in [5.41, 5.74) is 1.64. The first-order valence-electron chi connectivity index (χ1n) is 5.36. The number of hydrogen-bond donors (Lipinski definition) is 1. The summed E-state index contributed by atoms with van der Waals surface area (Å²) in [4.78, 5) is 16.5. The molecule has 0 spiro atoms. The van der Waals surface area contributed by atoms with Crippen molar-refractivity contribution in [3.8, 4) is 0 Å². The number of benzene rings is 1. The van der Waals surface area contributed by atoms with E-state index >= 15 is 0 Å². The Labute approximate surface area is 106 Å². The largest absolute Gasteiger partial charge is 0.345 e. The summed E-state index contributed by atoms with van der Waals surface area (Å²) in [6, 6.07) is 5.08. The van der Waals surface area contributed by atoms with Crippen molar-refractivity contribution in [3.05, 3.63) is 28.8 Å². The van der Waals surface area contributed by atoms with Gasteiger partial charge in [-0.05, 0) is 23.6 Å². The van der Waals surface area contributed by atoms with E-state index in [2.05, 4.69) is 19.2 Å². The highest BCUT2D eigenvalue weighted by Crippen LogP contribution is 2.28. The van der Waals surface area contributed by atoms with Gasteiger partial charge in [0.1, 0.15) is 0 Å². The molecule has 0 aliphatic carbocycles. The van der Waals surface area contributed by atoms with Gasteiger partial charge in [0.2, 0.25) is 0 Å². The molecule has 0 atom stereocenters. The maximum Gasteiger partial charge on any atom is 0.345 e. The molecule has 17 heavy (non-hydrogen) atoms. The molecule has 0 unspecified atom stereocenters. The van der Waals surface area contributed by atoms with Crippen LogP contribution in [0.2, 0.25) is 5.02 Å². The number of rotatable bonds is 3. The quantitative estimate of drug-likeness (QED) is 0.844. The molecule has 1 rings (SSSR count). The van der Waals surface area contributed by atoms with Crippen molar-refractivity contribution in [1.82, 2.24) is 5.32 Å². The number of anilines is 1. The minimum atomic E-state index is -0.346. The maximum atomic E-state index is 11.5. The number of hydrogen-bond acceptors (Lipinski definition) is 2. The summed E-state index contributed by atoms with van der Waals surface area (Å²) in [7, 11) is 2.97. The third kappa shape index (κ3) is 3.11. The fourth-order valence-corrected chi connectivity index (χ4v) is 1.91. The second-order valence-corrected chi connectivity index (χ2v) is 4.30. The van der Waals surface area contributed by atoms with Gasteiger partial charge in [0.25, 0.3) is 0 Å². The van der Waals surface area contributed by atoms with Gasteiger partial charge in [0, 0.05) is 12.1 Å². The fraction of sp³-hybridized carbons (Fsp3) is 0.417. The summed E-state index contributed by atoms with van der Waals surface area (Å²) in [6.07, 6.45) is 0. The van der Waals surface area contributed by atoms with Gasteiger partial charge in [-0.1, -0.05) is 31.5 Å². The summed E-state index contributed by atoms with van der Waals surface area (Å²) in [5, 5.41) is 4.27. The first kappa shape index (κ1) is 13.8. The molecule has 0 saturated heterocycles. The molecule has 0 aliphatic heterocycles. The van der Waals surface area contributed by atoms with Gasteiger partial charge in [0.05, 0.1) is 12.8 Å². The van der Waals surface area contributed by atoms with E-state index in [1.54, 1.807) is 19.2 Å². The Hall–Kier alpha value is -1.26. The predicted molar refractivity (Wildman–Crippen MR) is 69.5 cm³/mol. The molecule has 0 fully saturated rings. The maximum absolute atomic E-state index is 11.5. The van der Waals surface area contributed by atoms with Crippen LogP contribution in [0.15, 0.2) is 18.2 Å². The second-order valence-electron chi connectivity index (χ2n) is 3.89. The smallest absolute Gasteiger partial charge is 0.339 e. The lowest BCUT2D eigenvalue weighted by Gasteiger charge is -2.20. The standard InChI is InChI=1S/C12H17ClN2O2/c1-8(2)10-6-5-9(7-11(10)13)15(17-4)12(16)14-3/h5-8H,1-4H3,(H,14,16). The molecule has 94 valence electrons. The summed E-state index contributed by atoms with van der Waals surface area (Å²) in [6.45, 7) is 4.13. The third-order valence-corrected chi connectivity index (χ3v) is 2.75. The highest BCUT2D eigenvalue weighted by molar-refractivity contribution is 6.31. The van der Waals surface area contributed by atoms with Crippen molar-refractivity contribution in [2.75, 3.05) is 19.2 Å². The van der Waals surface area contributed by atoms with Crippen LogP contribution in [0.4, 0.5) is 10.5 Å². The number of nitrogens with zero attached hydrogens (tertiary/aromatic N) is 1. The molecular weight excluding hydrogens is 240 g/mol. The van der Waals surface area contributed by atoms with Crippen LogP contribution in [0.3, 0.4) is 0 Å². The van der Waals surface area contributed by atoms with Crippen LogP contribution in [-0.4, -0.2) is 20.2 Å². The van der Waals surface area contributed by atoms with Gasteiger partial charge >= 0.3 is 6.03 Å². The molecule has 0 bridgehead atoms. The topological polar surface area (TPSA) is 41.6 Å². The minimum absolute atomic E-state index is 0.340. The van der Waals surface area contributed by atoms with Gasteiger partial charge in [-0.3, -0.25) is 4.84 Å². The van der Waals surface area contributed by atoms with Crippen molar-refractivity contribution in [2.45, 2.75) is 19.8 Å². The van der Waals surface area contributed by atoms with Crippen LogP contribution >= 0.6 is 11.6 Å². The number of amides is 2. The third-order valence-electron chi connectivity index (χ3n) is 2.42. The van der Waals surface area contributed by atoms with Gasteiger partial charge in [-0.25, -0.2) is 4.79 Å². The number of hydroxylamine groups is 1. The highest BCUT2D eigenvalue weighted by Gasteiger charge is 2.15. The van der Waals surface area contributed by atoms with Crippen molar-refractivity contribution >= 4 is 23.3 Å². The Morgan fingerprint density at radius 1 is 1.47 bits per heavy atom. The van der Waals surface area contributed by atoms with Crippen LogP contribution in [0.5, 0.6) is 0 Å². The molecular formula is C12H17ClN2O2. The Balaban J connectivity index is 3.07. The van der Waals surface area contributed by atoms with E-state index in [0.717, 1.165) is 10.6 Å². The number of carbonyl (C=O) groups excluding carboxylic acids is 1. The first-order chi connectivity index (χ1) is 8.01. The van der Waals surface area contributed by atoms with Crippen LogP contribution in [0.1, 0.15) is 25.3 Å². The molecule has 0 saturated carbocycles. The second kappa shape index (κ2) is 5.89. The highest BCUT2D eigenvalue weighted by atomic mass is 35.5. The molecule has 2 amide bonds. The zero-order valence-corrected chi connectivity index (χ0v) is 11.2. The molecule has 4 nitrogen and oxygen atoms in total. The van der Waals surface area contributed by atoms with Gasteiger partial charge in [-0.15, -0.1) is 0 Å². The summed E-state index contributed by atoms with van der Waals surface area (Å²) >= 11 is 6.16. The van der Waals surface area contributed by atoms with Gasteiger partial charge in [-0.2, -0.15) is 5.06 Å².